The van der Waals surface area contributed by atoms with Crippen LogP contribution in [0.3, 0.4) is 0 Å². The summed E-state index contributed by atoms with van der Waals surface area (Å²) in [5, 5.41) is 3.40. The minimum absolute atomic E-state index is 0.190. The zero-order valence-electron chi connectivity index (χ0n) is 11.6. The summed E-state index contributed by atoms with van der Waals surface area (Å²) in [7, 11) is 0. The molecule has 1 heterocycles. The fourth-order valence-corrected chi connectivity index (χ4v) is 3.68. The Morgan fingerprint density at radius 3 is 2.33 bits per heavy atom. The smallest absolute Gasteiger partial charge is 0.119 e. The van der Waals surface area contributed by atoms with Crippen molar-refractivity contribution >= 4 is 31.9 Å². The van der Waals surface area contributed by atoms with Crippen LogP contribution in [0.25, 0.3) is 0 Å². The molecule has 0 aliphatic carbocycles. The maximum Gasteiger partial charge on any atom is 0.119 e. The Morgan fingerprint density at radius 2 is 1.71 bits per heavy atom. The summed E-state index contributed by atoms with van der Waals surface area (Å²) < 4.78 is 8.15. The largest absolute Gasteiger partial charge is 0.494 e. The first-order chi connectivity index (χ1) is 10.2. The Bertz CT molecular complexity index is 608. The first-order valence-electron chi connectivity index (χ1n) is 7.04. The molecule has 0 atom stereocenters. The van der Waals surface area contributed by atoms with E-state index in [1.165, 1.54) is 10.0 Å². The molecule has 0 radical (unpaired) electrons. The topological polar surface area (TPSA) is 21.3 Å². The van der Waals surface area contributed by atoms with Gasteiger partial charge in [-0.1, -0.05) is 50.1 Å². The second kappa shape index (κ2) is 6.51. The van der Waals surface area contributed by atoms with Gasteiger partial charge in [0.1, 0.15) is 5.75 Å². The highest BCUT2D eigenvalue weighted by Gasteiger charge is 2.39. The first kappa shape index (κ1) is 15.1. The second-order valence-electron chi connectivity index (χ2n) is 5.42. The van der Waals surface area contributed by atoms with Crippen molar-refractivity contribution in [1.82, 2.24) is 5.32 Å². The molecule has 2 aromatic rings. The lowest BCUT2D eigenvalue weighted by molar-refractivity contribution is 0.198. The molecule has 0 amide bonds. The van der Waals surface area contributed by atoms with Crippen molar-refractivity contribution in [2.45, 2.75) is 11.8 Å². The van der Waals surface area contributed by atoms with E-state index in [1.807, 2.05) is 24.3 Å². The molecule has 0 saturated carbocycles. The third-order valence-electron chi connectivity index (χ3n) is 4.03. The fourth-order valence-electron chi connectivity index (χ4n) is 2.72. The number of halogens is 2. The highest BCUT2D eigenvalue weighted by molar-refractivity contribution is 9.10. The third kappa shape index (κ3) is 3.33. The first-order valence-corrected chi connectivity index (χ1v) is 8.62. The fraction of sp³-hybridized carbons (Fsp3) is 0.294. The van der Waals surface area contributed by atoms with Gasteiger partial charge in [-0.25, -0.2) is 0 Å². The Morgan fingerprint density at radius 1 is 1.00 bits per heavy atom. The highest BCUT2D eigenvalue weighted by atomic mass is 79.9. The zero-order chi connectivity index (χ0) is 14.7. The van der Waals surface area contributed by atoms with E-state index in [9.17, 15) is 0 Å². The predicted octanol–water partition coefficient (Wildman–Crippen LogP) is 4.52. The molecule has 1 aliphatic heterocycles. The van der Waals surface area contributed by atoms with Crippen molar-refractivity contribution < 1.29 is 4.74 Å². The van der Waals surface area contributed by atoms with E-state index in [4.69, 9.17) is 4.74 Å². The van der Waals surface area contributed by atoms with Crippen LogP contribution in [-0.4, -0.2) is 19.7 Å². The van der Waals surface area contributed by atoms with E-state index >= 15 is 0 Å². The van der Waals surface area contributed by atoms with Gasteiger partial charge in [0.15, 0.2) is 0 Å². The average molecular weight is 411 g/mol. The number of ether oxygens (including phenoxy) is 1. The van der Waals surface area contributed by atoms with Crippen molar-refractivity contribution in [3.05, 3.63) is 63.0 Å². The van der Waals surface area contributed by atoms with Gasteiger partial charge >= 0.3 is 0 Å². The molecule has 3 rings (SSSR count). The zero-order valence-corrected chi connectivity index (χ0v) is 14.8. The number of hydrogen-bond donors (Lipinski definition) is 1. The molecule has 1 saturated heterocycles. The molecule has 21 heavy (non-hydrogen) atoms. The van der Waals surface area contributed by atoms with E-state index in [2.05, 4.69) is 61.4 Å². The number of benzene rings is 2. The van der Waals surface area contributed by atoms with E-state index < -0.39 is 0 Å². The monoisotopic (exact) mass is 409 g/mol. The van der Waals surface area contributed by atoms with Crippen LogP contribution >= 0.6 is 31.9 Å². The van der Waals surface area contributed by atoms with E-state index in [-0.39, 0.29) is 5.41 Å². The molecule has 2 nitrogen and oxygen atoms in total. The van der Waals surface area contributed by atoms with Gasteiger partial charge in [-0.3, -0.25) is 0 Å². The van der Waals surface area contributed by atoms with Crippen molar-refractivity contribution in [2.24, 2.45) is 0 Å². The summed E-state index contributed by atoms with van der Waals surface area (Å²) in [5.41, 5.74) is 1.57. The van der Waals surface area contributed by atoms with Gasteiger partial charge in [0, 0.05) is 27.4 Å². The maximum absolute atomic E-state index is 5.89. The second-order valence-corrected chi connectivity index (χ2v) is 7.19. The van der Waals surface area contributed by atoms with Crippen LogP contribution in [0.15, 0.2) is 57.5 Å². The summed E-state index contributed by atoms with van der Waals surface area (Å²) in [5.74, 6) is 0.924. The third-order valence-corrected chi connectivity index (χ3v) is 5.26. The molecule has 2 aromatic carbocycles. The lowest BCUT2D eigenvalue weighted by atomic mass is 9.73. The van der Waals surface area contributed by atoms with Crippen LogP contribution in [-0.2, 0) is 5.41 Å². The molecule has 110 valence electrons. The molecule has 0 aromatic heterocycles. The van der Waals surface area contributed by atoms with Gasteiger partial charge in [-0.2, -0.15) is 0 Å². The molecule has 1 fully saturated rings. The van der Waals surface area contributed by atoms with Crippen LogP contribution in [0.4, 0.5) is 0 Å². The Labute approximate surface area is 142 Å². The average Bonchev–Trinajstić information content (AvgIpc) is 2.45. The summed E-state index contributed by atoms with van der Waals surface area (Å²) in [4.78, 5) is 0. The lowest BCUT2D eigenvalue weighted by Gasteiger charge is -2.43. The molecular formula is C17H17Br2NO. The predicted molar refractivity (Wildman–Crippen MR) is 92.9 cm³/mol. The van der Waals surface area contributed by atoms with E-state index in [1.54, 1.807) is 0 Å². The summed E-state index contributed by atoms with van der Waals surface area (Å²) >= 11 is 7.11. The summed E-state index contributed by atoms with van der Waals surface area (Å²) in [6.07, 6.45) is 1.01. The Balaban J connectivity index is 1.65. The molecule has 1 aliphatic rings. The normalized spacial score (nSPS) is 16.3. The van der Waals surface area contributed by atoms with E-state index in [0.717, 1.165) is 36.3 Å². The molecule has 4 heteroatoms. The molecule has 1 N–H and O–H groups in total. The number of hydrogen-bond acceptors (Lipinski definition) is 2. The maximum atomic E-state index is 5.89. The van der Waals surface area contributed by atoms with E-state index in [0.29, 0.717) is 0 Å². The van der Waals surface area contributed by atoms with Gasteiger partial charge in [0.2, 0.25) is 0 Å². The highest BCUT2D eigenvalue weighted by Crippen LogP contribution is 2.36. The molecule has 0 bridgehead atoms. The van der Waals surface area contributed by atoms with Gasteiger partial charge in [0.25, 0.3) is 0 Å². The quantitative estimate of drug-likeness (QED) is 0.782. The molecular weight excluding hydrogens is 394 g/mol. The molecule has 0 unspecified atom stereocenters. The van der Waals surface area contributed by atoms with Crippen LogP contribution in [0, 0.1) is 0 Å². The van der Waals surface area contributed by atoms with Gasteiger partial charge in [-0.05, 0) is 42.3 Å². The standard InChI is InChI=1S/C17H17Br2NO/c18-13-5-7-14(8-6-13)21-10-9-17(11-20-12-17)15-3-1-2-4-16(15)19/h1-8,20H,9-12H2. The van der Waals surface area contributed by atoms with Crippen molar-refractivity contribution in [3.63, 3.8) is 0 Å². The van der Waals surface area contributed by atoms with Crippen molar-refractivity contribution in [2.75, 3.05) is 19.7 Å². The molecule has 0 spiro atoms. The van der Waals surface area contributed by atoms with Crippen LogP contribution in [0.5, 0.6) is 5.75 Å². The number of rotatable bonds is 5. The van der Waals surface area contributed by atoms with Crippen molar-refractivity contribution in [3.8, 4) is 5.75 Å². The van der Waals surface area contributed by atoms with Crippen LogP contribution < -0.4 is 10.1 Å². The SMILES string of the molecule is Brc1ccc(OCCC2(c3ccccc3Br)CNC2)cc1. The Hall–Kier alpha value is -0.840. The van der Waals surface area contributed by atoms with Gasteiger partial charge in [0.05, 0.1) is 6.61 Å². The van der Waals surface area contributed by atoms with Crippen LogP contribution in [0.1, 0.15) is 12.0 Å². The Kier molecular flexibility index (Phi) is 4.67. The summed E-state index contributed by atoms with van der Waals surface area (Å²) in [6.45, 7) is 2.75. The van der Waals surface area contributed by atoms with Crippen LogP contribution in [0.2, 0.25) is 0 Å². The lowest BCUT2D eigenvalue weighted by Crippen LogP contribution is -2.57. The number of nitrogens with one attached hydrogen (secondary N) is 1. The van der Waals surface area contributed by atoms with Gasteiger partial charge < -0.3 is 10.1 Å². The summed E-state index contributed by atoms with van der Waals surface area (Å²) in [6, 6.07) is 16.5. The van der Waals surface area contributed by atoms with Gasteiger partial charge in [-0.15, -0.1) is 0 Å². The minimum Gasteiger partial charge on any atom is -0.494 e. The minimum atomic E-state index is 0.190. The van der Waals surface area contributed by atoms with Crippen molar-refractivity contribution in [1.29, 1.82) is 0 Å².